The Morgan fingerprint density at radius 1 is 1.32 bits per heavy atom. The number of hydrogen-bond donors (Lipinski definition) is 2. The lowest BCUT2D eigenvalue weighted by atomic mass is 10.2. The number of carbonyl (C=O) groups excluding carboxylic acids is 1. The zero-order valence-corrected chi connectivity index (χ0v) is 18.6. The number of hydrogen-bond acceptors (Lipinski definition) is 2. The van der Waals surface area contributed by atoms with Crippen LogP contribution in [-0.2, 0) is 4.79 Å². The molecule has 0 saturated carbocycles. The highest BCUT2D eigenvalue weighted by atomic mass is 127. The average Bonchev–Trinajstić information content (AvgIpc) is 2.56. The molecule has 0 bridgehead atoms. The largest absolute Gasteiger partial charge is 0.357 e. The number of nitrogens with zero attached hydrogens (tertiary/aromatic N) is 2. The van der Waals surface area contributed by atoms with Crippen molar-refractivity contribution >= 4 is 53.1 Å². The van der Waals surface area contributed by atoms with E-state index in [9.17, 15) is 4.79 Å². The van der Waals surface area contributed by atoms with Gasteiger partial charge in [0.15, 0.2) is 5.96 Å². The molecule has 0 aliphatic rings. The second-order valence-corrected chi connectivity index (χ2v) is 6.13. The number of carbonyl (C=O) groups is 1. The predicted molar refractivity (Wildman–Crippen MR) is 118 cm³/mol. The Bertz CT molecular complexity index is 566. The van der Waals surface area contributed by atoms with Gasteiger partial charge in [0, 0.05) is 37.3 Å². The maximum absolute atomic E-state index is 12.1. The summed E-state index contributed by atoms with van der Waals surface area (Å²) in [5.74, 6) is 0.786. The molecule has 0 fully saturated rings. The van der Waals surface area contributed by atoms with Gasteiger partial charge in [0.05, 0.1) is 6.54 Å². The lowest BCUT2D eigenvalue weighted by Gasteiger charge is -2.21. The second-order valence-electron chi connectivity index (χ2n) is 5.72. The van der Waals surface area contributed by atoms with Crippen molar-refractivity contribution in [3.8, 4) is 0 Å². The van der Waals surface area contributed by atoms with Crippen molar-refractivity contribution in [2.45, 2.75) is 40.0 Å². The van der Waals surface area contributed by atoms with Gasteiger partial charge in [-0.1, -0.05) is 31.0 Å². The molecule has 5 nitrogen and oxygen atoms in total. The van der Waals surface area contributed by atoms with Gasteiger partial charge in [0.2, 0.25) is 5.91 Å². The van der Waals surface area contributed by atoms with Crippen LogP contribution in [0.2, 0.25) is 5.02 Å². The van der Waals surface area contributed by atoms with E-state index in [-0.39, 0.29) is 29.9 Å². The van der Waals surface area contributed by atoms with Gasteiger partial charge in [-0.2, -0.15) is 0 Å². The summed E-state index contributed by atoms with van der Waals surface area (Å²) in [6.45, 7) is 8.31. The summed E-state index contributed by atoms with van der Waals surface area (Å²) >= 11 is 6.07. The van der Waals surface area contributed by atoms with Crippen molar-refractivity contribution in [2.75, 3.05) is 32.0 Å². The first-order valence-corrected chi connectivity index (χ1v) is 8.91. The van der Waals surface area contributed by atoms with E-state index in [2.05, 4.69) is 27.4 Å². The van der Waals surface area contributed by atoms with Crippen LogP contribution >= 0.6 is 35.6 Å². The standard InChI is InChI=1S/C18H29ClN4O.HI/c1-5-7-13-23(4)18(20-6-2)21-12-11-17(24)22-16-10-8-9-15(19)14(16)3;/h8-10H,5-7,11-13H2,1-4H3,(H,20,21)(H,22,24);1H. The predicted octanol–water partition coefficient (Wildman–Crippen LogP) is 4.29. The third-order valence-corrected chi connectivity index (χ3v) is 4.10. The fourth-order valence-corrected chi connectivity index (χ4v) is 2.36. The molecule has 0 heterocycles. The lowest BCUT2D eigenvalue weighted by molar-refractivity contribution is -0.116. The van der Waals surface area contributed by atoms with Gasteiger partial charge < -0.3 is 15.5 Å². The fraction of sp³-hybridized carbons (Fsp3) is 0.556. The summed E-state index contributed by atoms with van der Waals surface area (Å²) in [5.41, 5.74) is 1.63. The molecule has 0 radical (unpaired) electrons. The number of benzene rings is 1. The molecule has 7 heteroatoms. The molecule has 0 aromatic heterocycles. The Labute approximate surface area is 173 Å². The van der Waals surface area contributed by atoms with Crippen molar-refractivity contribution in [1.82, 2.24) is 10.2 Å². The van der Waals surface area contributed by atoms with E-state index < -0.39 is 0 Å². The molecule has 0 aliphatic carbocycles. The third-order valence-electron chi connectivity index (χ3n) is 3.69. The van der Waals surface area contributed by atoms with E-state index in [4.69, 9.17) is 11.6 Å². The summed E-state index contributed by atoms with van der Waals surface area (Å²) < 4.78 is 0. The quantitative estimate of drug-likeness (QED) is 0.331. The summed E-state index contributed by atoms with van der Waals surface area (Å²) in [5, 5.41) is 6.80. The van der Waals surface area contributed by atoms with Gasteiger partial charge in [0.1, 0.15) is 0 Å². The van der Waals surface area contributed by atoms with Crippen molar-refractivity contribution in [2.24, 2.45) is 4.99 Å². The number of rotatable bonds is 8. The van der Waals surface area contributed by atoms with Gasteiger partial charge in [-0.25, -0.2) is 0 Å². The molecular weight excluding hydrogens is 451 g/mol. The van der Waals surface area contributed by atoms with Crippen molar-refractivity contribution in [3.05, 3.63) is 28.8 Å². The monoisotopic (exact) mass is 480 g/mol. The lowest BCUT2D eigenvalue weighted by Crippen LogP contribution is -2.39. The van der Waals surface area contributed by atoms with Crippen LogP contribution in [0.25, 0.3) is 0 Å². The van der Waals surface area contributed by atoms with Crippen LogP contribution < -0.4 is 10.6 Å². The summed E-state index contributed by atoms with van der Waals surface area (Å²) in [6.07, 6.45) is 2.60. The highest BCUT2D eigenvalue weighted by molar-refractivity contribution is 14.0. The van der Waals surface area contributed by atoms with Crippen molar-refractivity contribution in [1.29, 1.82) is 0 Å². The number of halogens is 2. The Morgan fingerprint density at radius 3 is 2.68 bits per heavy atom. The second kappa shape index (κ2) is 13.2. The Kier molecular flexibility index (Phi) is 12.7. The molecule has 1 aromatic carbocycles. The summed E-state index contributed by atoms with van der Waals surface area (Å²) in [7, 11) is 2.02. The van der Waals surface area contributed by atoms with Crippen LogP contribution in [0.15, 0.2) is 23.2 Å². The van der Waals surface area contributed by atoms with Crippen LogP contribution in [0, 0.1) is 6.92 Å². The first-order valence-electron chi connectivity index (χ1n) is 8.54. The van der Waals surface area contributed by atoms with E-state index in [1.807, 2.05) is 39.1 Å². The van der Waals surface area contributed by atoms with E-state index in [0.29, 0.717) is 18.0 Å². The minimum Gasteiger partial charge on any atom is -0.357 e. The molecule has 0 spiro atoms. The molecule has 1 aromatic rings. The highest BCUT2D eigenvalue weighted by Gasteiger charge is 2.08. The fourth-order valence-electron chi connectivity index (χ4n) is 2.19. The number of nitrogens with one attached hydrogen (secondary N) is 2. The van der Waals surface area contributed by atoms with Gasteiger partial charge in [0.25, 0.3) is 0 Å². The van der Waals surface area contributed by atoms with Gasteiger partial charge in [-0.05, 0) is 38.0 Å². The molecule has 142 valence electrons. The van der Waals surface area contributed by atoms with E-state index in [1.54, 1.807) is 0 Å². The maximum Gasteiger partial charge on any atom is 0.226 e. The van der Waals surface area contributed by atoms with Crippen LogP contribution in [0.1, 0.15) is 38.7 Å². The van der Waals surface area contributed by atoms with E-state index >= 15 is 0 Å². The molecular formula is C18H30ClIN4O. The minimum absolute atomic E-state index is 0. The van der Waals surface area contributed by atoms with Crippen LogP contribution in [-0.4, -0.2) is 43.4 Å². The smallest absolute Gasteiger partial charge is 0.226 e. The average molecular weight is 481 g/mol. The Hall–Kier alpha value is -1.02. The topological polar surface area (TPSA) is 56.7 Å². The van der Waals surface area contributed by atoms with Crippen LogP contribution in [0.5, 0.6) is 0 Å². The third kappa shape index (κ3) is 8.76. The molecule has 1 rings (SSSR count). The number of anilines is 1. The zero-order chi connectivity index (χ0) is 17.9. The Morgan fingerprint density at radius 2 is 2.04 bits per heavy atom. The Balaban J connectivity index is 0.00000576. The molecule has 0 saturated heterocycles. The molecule has 0 aliphatic heterocycles. The number of aliphatic imine (C=N–C) groups is 1. The summed E-state index contributed by atoms with van der Waals surface area (Å²) in [6, 6.07) is 5.49. The molecule has 0 atom stereocenters. The SMILES string of the molecule is CCCCN(C)C(=NCCC(=O)Nc1cccc(Cl)c1C)NCC.I. The van der Waals surface area contributed by atoms with Gasteiger partial charge in [-0.15, -0.1) is 24.0 Å². The number of unbranched alkanes of at least 4 members (excludes halogenated alkanes) is 1. The normalized spacial score (nSPS) is 10.8. The van der Waals surface area contributed by atoms with Crippen LogP contribution in [0.3, 0.4) is 0 Å². The molecule has 0 unspecified atom stereocenters. The highest BCUT2D eigenvalue weighted by Crippen LogP contribution is 2.22. The molecule has 2 N–H and O–H groups in total. The number of guanidine groups is 1. The van der Waals surface area contributed by atoms with Crippen molar-refractivity contribution in [3.63, 3.8) is 0 Å². The van der Waals surface area contributed by atoms with Gasteiger partial charge in [-0.3, -0.25) is 9.79 Å². The minimum atomic E-state index is -0.0591. The van der Waals surface area contributed by atoms with E-state index in [0.717, 1.165) is 43.1 Å². The van der Waals surface area contributed by atoms with E-state index in [1.165, 1.54) is 0 Å². The first kappa shape index (κ1) is 24.0. The zero-order valence-electron chi connectivity index (χ0n) is 15.6. The first-order chi connectivity index (χ1) is 11.5. The van der Waals surface area contributed by atoms with Gasteiger partial charge >= 0.3 is 0 Å². The number of amides is 1. The molecule has 25 heavy (non-hydrogen) atoms. The molecule has 1 amide bonds. The van der Waals surface area contributed by atoms with Crippen LogP contribution in [0.4, 0.5) is 5.69 Å². The summed E-state index contributed by atoms with van der Waals surface area (Å²) in [4.78, 5) is 18.7. The van der Waals surface area contributed by atoms with Crippen molar-refractivity contribution < 1.29 is 4.79 Å². The maximum atomic E-state index is 12.1.